The average molecular weight is 363 g/mol. The van der Waals surface area contributed by atoms with E-state index in [0.29, 0.717) is 37.0 Å². The van der Waals surface area contributed by atoms with E-state index in [1.54, 1.807) is 24.3 Å². The summed E-state index contributed by atoms with van der Waals surface area (Å²) in [7, 11) is 1.31. The SMILES string of the molecule is CON1C(=O)CCC1=O.O=CCCCCC(=O)Oc1ccc(C=O)cc1. The van der Waals surface area contributed by atoms with Crippen LogP contribution in [0.2, 0.25) is 0 Å². The van der Waals surface area contributed by atoms with Crippen LogP contribution in [0.15, 0.2) is 24.3 Å². The molecule has 1 aromatic rings. The summed E-state index contributed by atoms with van der Waals surface area (Å²) in [5.74, 6) is -0.393. The van der Waals surface area contributed by atoms with Gasteiger partial charge in [0.15, 0.2) is 0 Å². The third kappa shape index (κ3) is 7.35. The summed E-state index contributed by atoms with van der Waals surface area (Å²) in [6.07, 6.45) is 4.24. The molecule has 26 heavy (non-hydrogen) atoms. The fourth-order valence-corrected chi connectivity index (χ4v) is 2.05. The lowest BCUT2D eigenvalue weighted by Gasteiger charge is -2.07. The molecule has 0 spiro atoms. The van der Waals surface area contributed by atoms with Gasteiger partial charge in [0, 0.05) is 31.2 Å². The van der Waals surface area contributed by atoms with Crippen LogP contribution in [0.1, 0.15) is 48.9 Å². The molecule has 0 aromatic heterocycles. The van der Waals surface area contributed by atoms with Crippen LogP contribution in [-0.4, -0.2) is 42.5 Å². The minimum Gasteiger partial charge on any atom is -0.427 e. The first-order chi connectivity index (χ1) is 12.5. The molecule has 1 fully saturated rings. The van der Waals surface area contributed by atoms with Gasteiger partial charge >= 0.3 is 5.97 Å². The third-order valence-corrected chi connectivity index (χ3v) is 3.39. The minimum absolute atomic E-state index is 0.248. The quantitative estimate of drug-likeness (QED) is 0.228. The van der Waals surface area contributed by atoms with Crippen molar-refractivity contribution in [3.8, 4) is 5.75 Å². The van der Waals surface area contributed by atoms with Crippen molar-refractivity contribution in [1.82, 2.24) is 5.06 Å². The zero-order chi connectivity index (χ0) is 19.4. The number of hydrogen-bond donors (Lipinski definition) is 0. The van der Waals surface area contributed by atoms with E-state index < -0.39 is 0 Å². The number of carbonyl (C=O) groups is 5. The fourth-order valence-electron chi connectivity index (χ4n) is 2.05. The molecule has 1 aliphatic rings. The van der Waals surface area contributed by atoms with Crippen LogP contribution in [0.5, 0.6) is 5.75 Å². The molecule has 2 rings (SSSR count). The Morgan fingerprint density at radius 3 is 2.15 bits per heavy atom. The van der Waals surface area contributed by atoms with E-state index in [-0.39, 0.29) is 30.6 Å². The van der Waals surface area contributed by atoms with Gasteiger partial charge in [-0.15, -0.1) is 0 Å². The highest BCUT2D eigenvalue weighted by atomic mass is 16.7. The number of unbranched alkanes of at least 4 members (excludes halogenated alkanes) is 2. The molecular formula is C18H21NO7. The molecule has 8 nitrogen and oxygen atoms in total. The molecule has 0 unspecified atom stereocenters. The molecule has 1 aromatic carbocycles. The molecule has 0 radical (unpaired) electrons. The number of esters is 1. The fraction of sp³-hybridized carbons (Fsp3) is 0.389. The predicted molar refractivity (Wildman–Crippen MR) is 90.1 cm³/mol. The lowest BCUT2D eigenvalue weighted by molar-refractivity contribution is -0.179. The largest absolute Gasteiger partial charge is 0.427 e. The molecule has 0 bridgehead atoms. The van der Waals surface area contributed by atoms with E-state index in [1.807, 2.05) is 0 Å². The molecule has 0 N–H and O–H groups in total. The lowest BCUT2D eigenvalue weighted by atomic mass is 10.2. The molecule has 1 saturated heterocycles. The molecule has 2 amide bonds. The Balaban J connectivity index is 0.000000314. The Hall–Kier alpha value is -2.87. The maximum absolute atomic E-state index is 11.3. The van der Waals surface area contributed by atoms with Crippen molar-refractivity contribution in [2.75, 3.05) is 7.11 Å². The van der Waals surface area contributed by atoms with E-state index in [1.165, 1.54) is 7.11 Å². The molecule has 0 atom stereocenters. The first-order valence-electron chi connectivity index (χ1n) is 8.11. The number of carbonyl (C=O) groups excluding carboxylic acids is 5. The highest BCUT2D eigenvalue weighted by molar-refractivity contribution is 6.00. The monoisotopic (exact) mass is 363 g/mol. The summed E-state index contributed by atoms with van der Waals surface area (Å²) in [5.41, 5.74) is 0.538. The van der Waals surface area contributed by atoms with Crippen LogP contribution in [0.25, 0.3) is 0 Å². The second kappa shape index (κ2) is 11.6. The van der Waals surface area contributed by atoms with Gasteiger partial charge in [0.2, 0.25) is 0 Å². The summed E-state index contributed by atoms with van der Waals surface area (Å²) in [6, 6.07) is 6.32. The van der Waals surface area contributed by atoms with Gasteiger partial charge in [0.05, 0.1) is 7.11 Å². The van der Waals surface area contributed by atoms with Crippen molar-refractivity contribution in [2.45, 2.75) is 38.5 Å². The van der Waals surface area contributed by atoms with E-state index in [4.69, 9.17) is 4.74 Å². The summed E-state index contributed by atoms with van der Waals surface area (Å²) in [6.45, 7) is 0. The highest BCUT2D eigenvalue weighted by Crippen LogP contribution is 2.12. The summed E-state index contributed by atoms with van der Waals surface area (Å²) < 4.78 is 5.05. The van der Waals surface area contributed by atoms with Gasteiger partial charge in [0.1, 0.15) is 18.3 Å². The van der Waals surface area contributed by atoms with Gasteiger partial charge < -0.3 is 9.53 Å². The van der Waals surface area contributed by atoms with Crippen LogP contribution >= 0.6 is 0 Å². The zero-order valence-corrected chi connectivity index (χ0v) is 14.5. The Kier molecular flexibility index (Phi) is 9.48. The number of amides is 2. The molecule has 8 heteroatoms. The first kappa shape index (κ1) is 21.2. The highest BCUT2D eigenvalue weighted by Gasteiger charge is 2.28. The number of benzene rings is 1. The Morgan fingerprint density at radius 1 is 1.08 bits per heavy atom. The van der Waals surface area contributed by atoms with Gasteiger partial charge in [-0.25, -0.2) is 0 Å². The first-order valence-corrected chi connectivity index (χ1v) is 8.11. The molecule has 0 aliphatic carbocycles. The van der Waals surface area contributed by atoms with Crippen molar-refractivity contribution in [3.05, 3.63) is 29.8 Å². The van der Waals surface area contributed by atoms with Crippen LogP contribution in [0.3, 0.4) is 0 Å². The smallest absolute Gasteiger partial charge is 0.311 e. The maximum atomic E-state index is 11.3. The number of hydroxylamine groups is 2. The standard InChI is InChI=1S/C13H14O4.C5H7NO3/c14-9-3-1-2-4-13(16)17-12-7-5-11(10-15)6-8-12;1-9-6-4(7)2-3-5(6)8/h5-10H,1-4H2;2-3H2,1H3. The number of imide groups is 1. The summed E-state index contributed by atoms with van der Waals surface area (Å²) in [4.78, 5) is 57.5. The van der Waals surface area contributed by atoms with Crippen molar-refractivity contribution >= 4 is 30.4 Å². The summed E-state index contributed by atoms with van der Waals surface area (Å²) in [5, 5.41) is 0.792. The second-order valence-electron chi connectivity index (χ2n) is 5.34. The van der Waals surface area contributed by atoms with Gasteiger partial charge in [0.25, 0.3) is 11.8 Å². The number of ether oxygens (including phenoxy) is 1. The summed E-state index contributed by atoms with van der Waals surface area (Å²) >= 11 is 0. The second-order valence-corrected chi connectivity index (χ2v) is 5.34. The topological polar surface area (TPSA) is 107 Å². The third-order valence-electron chi connectivity index (χ3n) is 3.39. The molecule has 1 aliphatic heterocycles. The molecular weight excluding hydrogens is 342 g/mol. The van der Waals surface area contributed by atoms with Crippen molar-refractivity contribution in [3.63, 3.8) is 0 Å². The van der Waals surface area contributed by atoms with Gasteiger partial charge in [-0.1, -0.05) is 0 Å². The molecule has 140 valence electrons. The maximum Gasteiger partial charge on any atom is 0.311 e. The van der Waals surface area contributed by atoms with Crippen LogP contribution in [0.4, 0.5) is 0 Å². The lowest BCUT2D eigenvalue weighted by Crippen LogP contribution is -2.27. The predicted octanol–water partition coefficient (Wildman–Crippen LogP) is 1.86. The molecule has 1 heterocycles. The average Bonchev–Trinajstić information content (AvgIpc) is 2.97. The number of aldehydes is 2. The Morgan fingerprint density at radius 2 is 1.69 bits per heavy atom. The number of nitrogens with zero attached hydrogens (tertiary/aromatic N) is 1. The van der Waals surface area contributed by atoms with E-state index >= 15 is 0 Å². The van der Waals surface area contributed by atoms with E-state index in [0.717, 1.165) is 17.6 Å². The normalized spacial score (nSPS) is 13.0. The van der Waals surface area contributed by atoms with E-state index in [9.17, 15) is 24.0 Å². The molecule has 0 saturated carbocycles. The van der Waals surface area contributed by atoms with Gasteiger partial charge in [-0.2, -0.15) is 5.06 Å². The van der Waals surface area contributed by atoms with Crippen molar-refractivity contribution in [2.24, 2.45) is 0 Å². The van der Waals surface area contributed by atoms with Crippen LogP contribution in [-0.2, 0) is 24.0 Å². The van der Waals surface area contributed by atoms with Crippen molar-refractivity contribution in [1.29, 1.82) is 0 Å². The number of hydrogen-bond acceptors (Lipinski definition) is 7. The van der Waals surface area contributed by atoms with E-state index in [2.05, 4.69) is 4.84 Å². The Bertz CT molecular complexity index is 623. The van der Waals surface area contributed by atoms with Gasteiger partial charge in [-0.05, 0) is 37.1 Å². The Labute approximate surface area is 151 Å². The van der Waals surface area contributed by atoms with Crippen LogP contribution < -0.4 is 4.74 Å². The van der Waals surface area contributed by atoms with Crippen LogP contribution in [0, 0.1) is 0 Å². The zero-order valence-electron chi connectivity index (χ0n) is 14.5. The minimum atomic E-state index is -0.324. The number of rotatable bonds is 8. The van der Waals surface area contributed by atoms with Crippen molar-refractivity contribution < 1.29 is 33.5 Å². The van der Waals surface area contributed by atoms with Gasteiger partial charge in [-0.3, -0.25) is 24.0 Å².